The minimum Gasteiger partial charge on any atom is -0.478 e. The summed E-state index contributed by atoms with van der Waals surface area (Å²) in [5.74, 6) is -0.917. The maximum Gasteiger partial charge on any atom is 0.337 e. The van der Waals surface area contributed by atoms with Gasteiger partial charge < -0.3 is 20.1 Å². The normalized spacial score (nSPS) is 10.7. The summed E-state index contributed by atoms with van der Waals surface area (Å²) in [5, 5.41) is 12.2. The topological polar surface area (TPSA) is 61.8 Å². The van der Waals surface area contributed by atoms with Crippen molar-refractivity contribution in [3.05, 3.63) is 29.3 Å². The molecule has 1 aromatic rings. The lowest BCUT2D eigenvalue weighted by Gasteiger charge is -2.12. The summed E-state index contributed by atoms with van der Waals surface area (Å²) in [6.45, 7) is 4.58. The number of nitrogens with zero attached hydrogens (tertiary/aromatic N) is 1. The van der Waals surface area contributed by atoms with Crippen molar-refractivity contribution in [2.75, 3.05) is 45.7 Å². The van der Waals surface area contributed by atoms with Crippen LogP contribution in [0.2, 0.25) is 0 Å². The summed E-state index contributed by atoms with van der Waals surface area (Å²) in [6.07, 6.45) is 0. The first-order valence-electron chi connectivity index (χ1n) is 6.31. The Hall–Kier alpha value is -1.59. The Kier molecular flexibility index (Phi) is 6.32. The van der Waals surface area contributed by atoms with Crippen LogP contribution in [0.5, 0.6) is 0 Å². The van der Waals surface area contributed by atoms with Gasteiger partial charge in [0.2, 0.25) is 0 Å². The molecule has 0 amide bonds. The van der Waals surface area contributed by atoms with E-state index in [1.807, 2.05) is 27.1 Å². The minimum absolute atomic E-state index is 0.299. The molecule has 2 N–H and O–H groups in total. The van der Waals surface area contributed by atoms with Gasteiger partial charge in [0, 0.05) is 18.8 Å². The monoisotopic (exact) mass is 266 g/mol. The molecular weight excluding hydrogens is 244 g/mol. The van der Waals surface area contributed by atoms with Crippen molar-refractivity contribution in [2.24, 2.45) is 0 Å². The smallest absolute Gasteiger partial charge is 0.337 e. The average Bonchev–Trinajstić information content (AvgIpc) is 2.34. The second-order valence-corrected chi connectivity index (χ2v) is 4.70. The maximum absolute atomic E-state index is 11.1. The van der Waals surface area contributed by atoms with Gasteiger partial charge in [0.25, 0.3) is 0 Å². The molecule has 5 heteroatoms. The molecule has 1 aromatic carbocycles. The zero-order chi connectivity index (χ0) is 14.3. The summed E-state index contributed by atoms with van der Waals surface area (Å²) in [6, 6.07) is 5.35. The van der Waals surface area contributed by atoms with E-state index < -0.39 is 5.97 Å². The first-order valence-corrected chi connectivity index (χ1v) is 6.31. The number of likely N-dealkylation sites (N-methyl/N-ethyl adjacent to an activating group) is 1. The molecule has 0 fully saturated rings. The lowest BCUT2D eigenvalue weighted by atomic mass is 10.1. The van der Waals surface area contributed by atoms with Gasteiger partial charge in [-0.25, -0.2) is 4.79 Å². The predicted molar refractivity (Wildman–Crippen MR) is 76.0 cm³/mol. The Balaban J connectivity index is 2.39. The second kappa shape index (κ2) is 7.76. The molecule has 0 aliphatic heterocycles. The van der Waals surface area contributed by atoms with Crippen molar-refractivity contribution in [3.63, 3.8) is 0 Å². The molecule has 0 saturated carbocycles. The third kappa shape index (κ3) is 5.72. The molecule has 0 radical (unpaired) electrons. The number of hydrogen-bond acceptors (Lipinski definition) is 4. The third-order valence-corrected chi connectivity index (χ3v) is 2.65. The molecule has 0 aromatic heterocycles. The van der Waals surface area contributed by atoms with E-state index in [1.165, 1.54) is 0 Å². The number of benzene rings is 1. The number of ether oxygens (including phenoxy) is 1. The lowest BCUT2D eigenvalue weighted by molar-refractivity contribution is 0.0697. The number of anilines is 1. The molecule has 1 rings (SSSR count). The molecule has 5 nitrogen and oxygen atoms in total. The van der Waals surface area contributed by atoms with Gasteiger partial charge in [0.05, 0.1) is 18.8 Å². The quantitative estimate of drug-likeness (QED) is 0.701. The van der Waals surface area contributed by atoms with Crippen molar-refractivity contribution in [1.82, 2.24) is 4.90 Å². The molecule has 0 aliphatic carbocycles. The van der Waals surface area contributed by atoms with E-state index in [1.54, 1.807) is 12.1 Å². The van der Waals surface area contributed by atoms with Gasteiger partial charge in [-0.1, -0.05) is 11.6 Å². The zero-order valence-corrected chi connectivity index (χ0v) is 11.8. The number of carboxylic acid groups (broad SMARTS) is 1. The van der Waals surface area contributed by atoms with Crippen molar-refractivity contribution in [1.29, 1.82) is 0 Å². The highest BCUT2D eigenvalue weighted by Crippen LogP contribution is 2.17. The van der Waals surface area contributed by atoms with Gasteiger partial charge >= 0.3 is 5.97 Å². The Morgan fingerprint density at radius 3 is 2.74 bits per heavy atom. The largest absolute Gasteiger partial charge is 0.478 e. The van der Waals surface area contributed by atoms with Crippen LogP contribution in [0.1, 0.15) is 15.9 Å². The molecule has 0 unspecified atom stereocenters. The zero-order valence-electron chi connectivity index (χ0n) is 11.8. The summed E-state index contributed by atoms with van der Waals surface area (Å²) >= 11 is 0. The van der Waals surface area contributed by atoms with Crippen LogP contribution in [0.4, 0.5) is 5.69 Å². The predicted octanol–water partition coefficient (Wildman–Crippen LogP) is 1.68. The van der Waals surface area contributed by atoms with E-state index in [-0.39, 0.29) is 0 Å². The average molecular weight is 266 g/mol. The number of aromatic carboxylic acids is 1. The Morgan fingerprint density at radius 2 is 2.11 bits per heavy atom. The molecule has 19 heavy (non-hydrogen) atoms. The number of hydrogen-bond donors (Lipinski definition) is 2. The Labute approximate surface area is 114 Å². The van der Waals surface area contributed by atoms with Gasteiger partial charge in [-0.2, -0.15) is 0 Å². The summed E-state index contributed by atoms with van der Waals surface area (Å²) in [4.78, 5) is 13.2. The third-order valence-electron chi connectivity index (χ3n) is 2.65. The van der Waals surface area contributed by atoms with Gasteiger partial charge in [-0.15, -0.1) is 0 Å². The van der Waals surface area contributed by atoms with E-state index in [2.05, 4.69) is 10.2 Å². The highest BCUT2D eigenvalue weighted by molar-refractivity contribution is 5.94. The van der Waals surface area contributed by atoms with Crippen LogP contribution in [0.3, 0.4) is 0 Å². The number of nitrogens with one attached hydrogen (secondary N) is 1. The molecular formula is C14H22N2O3. The van der Waals surface area contributed by atoms with Gasteiger partial charge in [0.15, 0.2) is 0 Å². The van der Waals surface area contributed by atoms with E-state index >= 15 is 0 Å². The van der Waals surface area contributed by atoms with E-state index in [0.29, 0.717) is 31.0 Å². The Morgan fingerprint density at radius 1 is 1.37 bits per heavy atom. The molecule has 0 saturated heterocycles. The first-order chi connectivity index (χ1) is 9.00. The summed E-state index contributed by atoms with van der Waals surface area (Å²) in [5.41, 5.74) is 1.87. The van der Waals surface area contributed by atoms with Crippen molar-refractivity contribution in [2.45, 2.75) is 6.92 Å². The molecule has 0 aliphatic rings. The van der Waals surface area contributed by atoms with Crippen LogP contribution in [-0.2, 0) is 4.74 Å². The van der Waals surface area contributed by atoms with E-state index in [4.69, 9.17) is 9.84 Å². The highest BCUT2D eigenvalue weighted by atomic mass is 16.5. The molecule has 106 valence electrons. The van der Waals surface area contributed by atoms with Crippen LogP contribution in [0.25, 0.3) is 0 Å². The molecule has 0 spiro atoms. The SMILES string of the molecule is Cc1ccc(NCCOCCN(C)C)c(C(=O)O)c1. The van der Waals surface area contributed by atoms with Crippen molar-refractivity contribution < 1.29 is 14.6 Å². The van der Waals surface area contributed by atoms with Crippen molar-refractivity contribution >= 4 is 11.7 Å². The standard InChI is InChI=1S/C14H22N2O3/c1-11-4-5-13(12(10-11)14(17)18)15-6-8-19-9-7-16(2)3/h4-5,10,15H,6-9H2,1-3H3,(H,17,18). The minimum atomic E-state index is -0.917. The molecule has 0 heterocycles. The lowest BCUT2D eigenvalue weighted by Crippen LogP contribution is -2.20. The van der Waals surface area contributed by atoms with Crippen LogP contribution < -0.4 is 5.32 Å². The van der Waals surface area contributed by atoms with Gasteiger partial charge in [0.1, 0.15) is 0 Å². The maximum atomic E-state index is 11.1. The number of rotatable bonds is 8. The fraction of sp³-hybridized carbons (Fsp3) is 0.500. The molecule has 0 atom stereocenters. The van der Waals surface area contributed by atoms with Crippen LogP contribution in [-0.4, -0.2) is 56.4 Å². The number of carboxylic acids is 1. The highest BCUT2D eigenvalue weighted by Gasteiger charge is 2.09. The second-order valence-electron chi connectivity index (χ2n) is 4.70. The summed E-state index contributed by atoms with van der Waals surface area (Å²) in [7, 11) is 3.99. The van der Waals surface area contributed by atoms with Crippen LogP contribution >= 0.6 is 0 Å². The number of carbonyl (C=O) groups is 1. The number of aryl methyl sites for hydroxylation is 1. The van der Waals surface area contributed by atoms with E-state index in [9.17, 15) is 4.79 Å². The molecule has 0 bridgehead atoms. The fourth-order valence-corrected chi connectivity index (χ4v) is 1.60. The van der Waals surface area contributed by atoms with E-state index in [0.717, 1.165) is 12.1 Å². The van der Waals surface area contributed by atoms with Crippen LogP contribution in [0, 0.1) is 6.92 Å². The van der Waals surface area contributed by atoms with Gasteiger partial charge in [-0.3, -0.25) is 0 Å². The summed E-state index contributed by atoms with van der Waals surface area (Å²) < 4.78 is 5.44. The Bertz CT molecular complexity index is 419. The van der Waals surface area contributed by atoms with Crippen LogP contribution in [0.15, 0.2) is 18.2 Å². The van der Waals surface area contributed by atoms with Crippen molar-refractivity contribution in [3.8, 4) is 0 Å². The van der Waals surface area contributed by atoms with Gasteiger partial charge in [-0.05, 0) is 33.2 Å². The first kappa shape index (κ1) is 15.5. The fourth-order valence-electron chi connectivity index (χ4n) is 1.60.